The van der Waals surface area contributed by atoms with Gasteiger partial charge in [0, 0.05) is 27.3 Å². The highest BCUT2D eigenvalue weighted by Crippen LogP contribution is 2.44. The normalized spacial score (nSPS) is 27.4. The van der Waals surface area contributed by atoms with Gasteiger partial charge in [-0.15, -0.1) is 0 Å². The van der Waals surface area contributed by atoms with Gasteiger partial charge >= 0.3 is 0 Å². The molecular formula is C23H22Cl3N3O. The molecule has 1 aliphatic heterocycles. The monoisotopic (exact) mass is 461 g/mol. The van der Waals surface area contributed by atoms with E-state index >= 15 is 0 Å². The minimum atomic E-state index is -0.485. The first-order valence-electron chi connectivity index (χ1n) is 10.3. The van der Waals surface area contributed by atoms with E-state index in [4.69, 9.17) is 39.8 Å². The van der Waals surface area contributed by atoms with Gasteiger partial charge in [-0.3, -0.25) is 9.79 Å². The van der Waals surface area contributed by atoms with Crippen LogP contribution in [0.3, 0.4) is 0 Å². The molecule has 2 aliphatic carbocycles. The van der Waals surface area contributed by atoms with Crippen LogP contribution in [-0.4, -0.2) is 30.4 Å². The summed E-state index contributed by atoms with van der Waals surface area (Å²) in [5.41, 5.74) is 1.67. The third kappa shape index (κ3) is 3.81. The number of benzene rings is 2. The second-order valence-corrected chi connectivity index (χ2v) is 9.75. The smallest absolute Gasteiger partial charge is 0.246 e. The summed E-state index contributed by atoms with van der Waals surface area (Å²) < 4.78 is 0. The molecule has 4 atom stereocenters. The van der Waals surface area contributed by atoms with Crippen LogP contribution in [0.5, 0.6) is 0 Å². The van der Waals surface area contributed by atoms with Gasteiger partial charge in [-0.05, 0) is 73.6 Å². The standard InChI is InChI=1S/C23H22Cl3N3O/c24-15-3-6-17(7-4-15)29-12-21(23(30)28-20-10-13-1-2-14(20)9-13)27-22(29)18-8-5-16(25)11-19(18)26/h3-8,11,13-14,20-21H,1-2,9-10,12H2,(H,28,30)/t13-,14+,20?,21?/m1/s1. The Kier molecular flexibility index (Phi) is 5.42. The highest BCUT2D eigenvalue weighted by atomic mass is 35.5. The topological polar surface area (TPSA) is 44.7 Å². The van der Waals surface area contributed by atoms with Crippen molar-refractivity contribution in [3.05, 3.63) is 63.1 Å². The molecule has 1 N–H and O–H groups in total. The quantitative estimate of drug-likeness (QED) is 0.644. The van der Waals surface area contributed by atoms with Crippen molar-refractivity contribution in [1.82, 2.24) is 5.32 Å². The molecule has 2 unspecified atom stereocenters. The van der Waals surface area contributed by atoms with Crippen LogP contribution in [0.2, 0.25) is 15.1 Å². The average Bonchev–Trinajstić information content (AvgIpc) is 3.44. The van der Waals surface area contributed by atoms with Gasteiger partial charge in [-0.1, -0.05) is 41.2 Å². The van der Waals surface area contributed by atoms with E-state index in [-0.39, 0.29) is 5.91 Å². The first-order chi connectivity index (χ1) is 14.5. The minimum Gasteiger partial charge on any atom is -0.351 e. The third-order valence-corrected chi connectivity index (χ3v) is 7.37. The molecule has 7 heteroatoms. The fourth-order valence-electron chi connectivity index (χ4n) is 5.09. The fourth-order valence-corrected chi connectivity index (χ4v) is 5.71. The van der Waals surface area contributed by atoms with E-state index in [1.165, 1.54) is 19.3 Å². The second-order valence-electron chi connectivity index (χ2n) is 8.47. The van der Waals surface area contributed by atoms with Gasteiger partial charge in [0.2, 0.25) is 5.91 Å². The Bertz CT molecular complexity index is 1010. The summed E-state index contributed by atoms with van der Waals surface area (Å²) in [5, 5.41) is 5.01. The molecule has 0 aromatic heterocycles. The Hall–Kier alpha value is -1.75. The number of hydrogen-bond donors (Lipinski definition) is 1. The van der Waals surface area contributed by atoms with Crippen LogP contribution in [-0.2, 0) is 4.79 Å². The zero-order chi connectivity index (χ0) is 20.8. The van der Waals surface area contributed by atoms with Crippen LogP contribution in [0.1, 0.15) is 31.2 Å². The van der Waals surface area contributed by atoms with E-state index in [1.54, 1.807) is 12.1 Å². The van der Waals surface area contributed by atoms with Crippen molar-refractivity contribution in [1.29, 1.82) is 0 Å². The highest BCUT2D eigenvalue weighted by molar-refractivity contribution is 6.37. The molecule has 2 aromatic carbocycles. The fraction of sp³-hybridized carbons (Fsp3) is 0.391. The Labute approximate surface area is 191 Å². The number of nitrogens with one attached hydrogen (secondary N) is 1. The van der Waals surface area contributed by atoms with Crippen LogP contribution < -0.4 is 10.2 Å². The summed E-state index contributed by atoms with van der Waals surface area (Å²) >= 11 is 18.6. The maximum atomic E-state index is 13.1. The molecule has 1 amide bonds. The summed E-state index contributed by atoms with van der Waals surface area (Å²) in [5.74, 6) is 2.07. The SMILES string of the molecule is O=C(NC1C[C@@H]2CC[C@H]1C2)C1CN(c2ccc(Cl)cc2)C(c2ccc(Cl)cc2Cl)=N1. The van der Waals surface area contributed by atoms with E-state index in [2.05, 4.69) is 5.32 Å². The van der Waals surface area contributed by atoms with Gasteiger partial charge in [0.15, 0.2) is 0 Å². The van der Waals surface area contributed by atoms with Gasteiger partial charge < -0.3 is 10.2 Å². The third-order valence-electron chi connectivity index (χ3n) is 6.57. The van der Waals surface area contributed by atoms with Crippen LogP contribution in [0.15, 0.2) is 47.5 Å². The molecule has 0 spiro atoms. The minimum absolute atomic E-state index is 0.00778. The molecule has 30 heavy (non-hydrogen) atoms. The predicted octanol–water partition coefficient (Wildman–Crippen LogP) is 5.59. The van der Waals surface area contributed by atoms with E-state index in [0.717, 1.165) is 23.6 Å². The summed E-state index contributed by atoms with van der Waals surface area (Å²) in [4.78, 5) is 19.9. The summed E-state index contributed by atoms with van der Waals surface area (Å²) in [6.07, 6.45) is 4.89. The van der Waals surface area contributed by atoms with Gasteiger partial charge in [-0.25, -0.2) is 0 Å². The van der Waals surface area contributed by atoms with Gasteiger partial charge in [-0.2, -0.15) is 0 Å². The first kappa shape index (κ1) is 20.2. The zero-order valence-electron chi connectivity index (χ0n) is 16.3. The summed E-state index contributed by atoms with van der Waals surface area (Å²) in [7, 11) is 0. The molecule has 4 nitrogen and oxygen atoms in total. The number of halogens is 3. The maximum Gasteiger partial charge on any atom is 0.246 e. The number of aliphatic imine (C=N–C) groups is 1. The van der Waals surface area contributed by atoms with E-state index in [9.17, 15) is 4.79 Å². The summed E-state index contributed by atoms with van der Waals surface area (Å²) in [6, 6.07) is 12.7. The molecule has 1 heterocycles. The first-order valence-corrected chi connectivity index (χ1v) is 11.5. The van der Waals surface area contributed by atoms with Crippen LogP contribution in [0.4, 0.5) is 5.69 Å². The van der Waals surface area contributed by atoms with Crippen molar-refractivity contribution in [3.8, 4) is 0 Å². The Balaban J connectivity index is 1.43. The number of amides is 1. The van der Waals surface area contributed by atoms with Crippen molar-refractivity contribution in [2.24, 2.45) is 16.8 Å². The highest BCUT2D eigenvalue weighted by Gasteiger charge is 2.42. The predicted molar refractivity (Wildman–Crippen MR) is 123 cm³/mol. The van der Waals surface area contributed by atoms with Gasteiger partial charge in [0.05, 0.1) is 11.6 Å². The number of anilines is 1. The van der Waals surface area contributed by atoms with Crippen molar-refractivity contribution >= 4 is 52.2 Å². The Morgan fingerprint density at radius 3 is 2.43 bits per heavy atom. The lowest BCUT2D eigenvalue weighted by molar-refractivity contribution is -0.123. The lowest BCUT2D eigenvalue weighted by Gasteiger charge is -2.24. The van der Waals surface area contributed by atoms with Gasteiger partial charge in [0.25, 0.3) is 0 Å². The molecule has 3 aliphatic rings. The van der Waals surface area contributed by atoms with E-state index in [0.29, 0.717) is 39.4 Å². The molecule has 0 radical (unpaired) electrons. The Morgan fingerprint density at radius 1 is 1.00 bits per heavy atom. The van der Waals surface area contributed by atoms with Crippen LogP contribution in [0.25, 0.3) is 0 Å². The van der Waals surface area contributed by atoms with Crippen LogP contribution >= 0.6 is 34.8 Å². The number of rotatable bonds is 4. The Morgan fingerprint density at radius 2 is 1.77 bits per heavy atom. The number of hydrogen-bond acceptors (Lipinski definition) is 3. The van der Waals surface area contributed by atoms with Gasteiger partial charge in [0.1, 0.15) is 11.9 Å². The number of fused-ring (bicyclic) bond motifs is 2. The largest absolute Gasteiger partial charge is 0.351 e. The molecule has 0 saturated heterocycles. The average molecular weight is 463 g/mol. The lowest BCUT2D eigenvalue weighted by atomic mass is 9.95. The number of carbonyl (C=O) groups is 1. The number of amidine groups is 1. The zero-order valence-corrected chi connectivity index (χ0v) is 18.6. The van der Waals surface area contributed by atoms with Crippen molar-refractivity contribution in [3.63, 3.8) is 0 Å². The van der Waals surface area contributed by atoms with Crippen molar-refractivity contribution < 1.29 is 4.79 Å². The van der Waals surface area contributed by atoms with Crippen LogP contribution in [0, 0.1) is 11.8 Å². The van der Waals surface area contributed by atoms with E-state index < -0.39 is 6.04 Å². The summed E-state index contributed by atoms with van der Waals surface area (Å²) in [6.45, 7) is 0.461. The molecule has 2 bridgehead atoms. The molecule has 2 aromatic rings. The molecule has 2 fully saturated rings. The molecule has 2 saturated carbocycles. The molecular weight excluding hydrogens is 441 g/mol. The lowest BCUT2D eigenvalue weighted by Crippen LogP contribution is -2.45. The second kappa shape index (κ2) is 8.07. The number of carbonyl (C=O) groups excluding carboxylic acids is 1. The maximum absolute atomic E-state index is 13.1. The van der Waals surface area contributed by atoms with E-state index in [1.807, 2.05) is 35.2 Å². The van der Waals surface area contributed by atoms with Crippen molar-refractivity contribution in [2.45, 2.75) is 37.8 Å². The molecule has 156 valence electrons. The molecule has 5 rings (SSSR count). The van der Waals surface area contributed by atoms with Crippen molar-refractivity contribution in [2.75, 3.05) is 11.4 Å². The number of nitrogens with zero attached hydrogens (tertiary/aromatic N) is 2.